The average Bonchev–Trinajstić information content (AvgIpc) is 4.03. The molecule has 10 radical (unpaired) electrons. The molecule has 0 spiro atoms. The summed E-state index contributed by atoms with van der Waals surface area (Å²) < 4.78 is 0. The van der Waals surface area contributed by atoms with Gasteiger partial charge in [0.25, 0.3) is 0 Å². The molecular formula is C62H66O2Ti+2. The summed E-state index contributed by atoms with van der Waals surface area (Å²) in [6.45, 7) is 25.5. The first-order valence-electron chi connectivity index (χ1n) is 22.2. The van der Waals surface area contributed by atoms with Crippen LogP contribution in [-0.2, 0) is 21.7 Å². The second-order valence-corrected chi connectivity index (χ2v) is 17.2. The molecule has 2 saturated carbocycles. The van der Waals surface area contributed by atoms with Gasteiger partial charge >= 0.3 is 21.7 Å². The number of aliphatic hydroxyl groups is 2. The van der Waals surface area contributed by atoms with Crippen molar-refractivity contribution in [3.05, 3.63) is 274 Å². The van der Waals surface area contributed by atoms with Crippen molar-refractivity contribution in [3.63, 3.8) is 0 Å². The van der Waals surface area contributed by atoms with E-state index in [2.05, 4.69) is 132 Å². The van der Waals surface area contributed by atoms with Gasteiger partial charge < -0.3 is 10.2 Å². The molecule has 0 saturated heterocycles. The van der Waals surface area contributed by atoms with Crippen molar-refractivity contribution in [3.8, 4) is 0 Å². The Morgan fingerprint density at radius 1 is 0.277 bits per heavy atom. The van der Waals surface area contributed by atoms with E-state index in [9.17, 15) is 10.2 Å². The third-order valence-electron chi connectivity index (χ3n) is 11.4. The molecule has 0 atom stereocenters. The van der Waals surface area contributed by atoms with Crippen LogP contribution in [0, 0.1) is 147 Å². The van der Waals surface area contributed by atoms with Crippen LogP contribution in [0.3, 0.4) is 0 Å². The summed E-state index contributed by atoms with van der Waals surface area (Å²) in [4.78, 5) is 0. The van der Waals surface area contributed by atoms with Crippen LogP contribution in [0.5, 0.6) is 0 Å². The summed E-state index contributed by atoms with van der Waals surface area (Å²) in [5.41, 5.74) is 22.5. The predicted octanol–water partition coefficient (Wildman–Crippen LogP) is 16.1. The first kappa shape index (κ1) is 52.7. The van der Waals surface area contributed by atoms with Crippen molar-refractivity contribution < 1.29 is 31.9 Å². The van der Waals surface area contributed by atoms with Crippen molar-refractivity contribution >= 4 is 22.7 Å². The summed E-state index contributed by atoms with van der Waals surface area (Å²) in [5.74, 6) is 0.668. The van der Waals surface area contributed by atoms with Crippen LogP contribution in [0.25, 0.3) is 22.7 Å². The topological polar surface area (TPSA) is 40.5 Å². The second-order valence-electron chi connectivity index (χ2n) is 17.2. The number of benzene rings is 6. The molecule has 6 aromatic rings. The predicted molar refractivity (Wildman–Crippen MR) is 276 cm³/mol. The normalized spacial score (nSPS) is 12.6. The Bertz CT molecular complexity index is 2160. The van der Waals surface area contributed by atoms with Crippen molar-refractivity contribution in [2.45, 2.75) is 83.1 Å². The molecule has 0 unspecified atom stereocenters. The minimum Gasteiger partial charge on any atom is -0.507 e. The SMILES string of the molecule is Cc1cc(C)c(C(=C(O)c2ccccc2)c2c(C)cc(C)cc2C)c(C)c1.Cc1cc(C)c(C(=C(O)c2ccccc2)c2c(C)cc(C)cc2C)c(C)c1.[CH]1[CH][CH][CH][CH]1.[CH]1[CH][CH][CH][CH]1.[Ti+2]. The number of hydrogen-bond donors (Lipinski definition) is 2. The maximum atomic E-state index is 11.4. The van der Waals surface area contributed by atoms with Crippen LogP contribution in [0.1, 0.15) is 100 Å². The third kappa shape index (κ3) is 14.1. The molecule has 0 amide bonds. The maximum absolute atomic E-state index is 11.4. The first-order valence-corrected chi connectivity index (χ1v) is 22.2. The van der Waals surface area contributed by atoms with Gasteiger partial charge in [-0.25, -0.2) is 0 Å². The molecule has 0 bridgehead atoms. The van der Waals surface area contributed by atoms with Gasteiger partial charge in [-0.1, -0.05) is 131 Å². The summed E-state index contributed by atoms with van der Waals surface area (Å²) in [5, 5.41) is 22.8. The molecular weight excluding hydrogens is 825 g/mol. The Balaban J connectivity index is 0.000000230. The van der Waals surface area contributed by atoms with E-state index >= 15 is 0 Å². The summed E-state index contributed by atoms with van der Waals surface area (Å²) >= 11 is 0. The average molecular weight is 891 g/mol. The fourth-order valence-electron chi connectivity index (χ4n) is 9.14. The van der Waals surface area contributed by atoms with Gasteiger partial charge in [0, 0.05) is 22.3 Å². The molecule has 6 aromatic carbocycles. The van der Waals surface area contributed by atoms with E-state index in [1.807, 2.05) is 125 Å². The fraction of sp³-hybridized carbons (Fsp3) is 0.194. The Kier molecular flexibility index (Phi) is 20.4. The van der Waals surface area contributed by atoms with E-state index in [0.29, 0.717) is 11.5 Å². The van der Waals surface area contributed by atoms with Crippen LogP contribution in [-0.4, -0.2) is 10.2 Å². The molecule has 8 rings (SSSR count). The number of rotatable bonds is 6. The van der Waals surface area contributed by atoms with Gasteiger partial charge in [0.2, 0.25) is 0 Å². The van der Waals surface area contributed by atoms with Crippen LogP contribution in [0.15, 0.2) is 109 Å². The van der Waals surface area contributed by atoms with Crippen molar-refractivity contribution in [2.24, 2.45) is 0 Å². The van der Waals surface area contributed by atoms with Crippen molar-refractivity contribution in [1.29, 1.82) is 0 Å². The fourth-order valence-corrected chi connectivity index (χ4v) is 9.14. The van der Waals surface area contributed by atoms with Gasteiger partial charge in [-0.3, -0.25) is 0 Å². The van der Waals surface area contributed by atoms with E-state index in [1.54, 1.807) is 0 Å². The van der Waals surface area contributed by atoms with Gasteiger partial charge in [0.15, 0.2) is 0 Å². The minimum absolute atomic E-state index is 0. The molecule has 0 aliphatic heterocycles. The molecule has 2 aliphatic rings. The molecule has 2 nitrogen and oxygen atoms in total. The minimum atomic E-state index is 0. The van der Waals surface area contributed by atoms with Crippen LogP contribution in [0.4, 0.5) is 0 Å². The summed E-state index contributed by atoms with van der Waals surface area (Å²) in [7, 11) is 0. The quantitative estimate of drug-likeness (QED) is 0.0994. The van der Waals surface area contributed by atoms with E-state index in [4.69, 9.17) is 0 Å². The Morgan fingerprint density at radius 3 is 0.615 bits per heavy atom. The Hall–Kier alpha value is -4.89. The van der Waals surface area contributed by atoms with Crippen LogP contribution >= 0.6 is 0 Å². The number of aliphatic hydroxyl groups excluding tert-OH is 2. The van der Waals surface area contributed by atoms with Crippen LogP contribution < -0.4 is 0 Å². The number of aryl methyl sites for hydroxylation is 12. The monoisotopic (exact) mass is 890 g/mol. The zero-order valence-corrected chi connectivity index (χ0v) is 42.1. The smallest absolute Gasteiger partial charge is 0.507 e. The van der Waals surface area contributed by atoms with E-state index in [1.165, 1.54) is 66.8 Å². The van der Waals surface area contributed by atoms with E-state index < -0.39 is 0 Å². The summed E-state index contributed by atoms with van der Waals surface area (Å²) in [6, 6.07) is 37.2. The van der Waals surface area contributed by atoms with Gasteiger partial charge in [-0.15, -0.1) is 0 Å². The number of hydrogen-bond acceptors (Lipinski definition) is 2. The molecule has 328 valence electrons. The Morgan fingerprint density at radius 2 is 0.446 bits per heavy atom. The zero-order valence-electron chi connectivity index (χ0n) is 40.6. The van der Waals surface area contributed by atoms with Crippen molar-refractivity contribution in [2.75, 3.05) is 0 Å². The summed E-state index contributed by atoms with van der Waals surface area (Å²) in [6.07, 6.45) is 20.0. The largest absolute Gasteiger partial charge is 2.00 e. The van der Waals surface area contributed by atoms with Gasteiger partial charge in [0.1, 0.15) is 11.5 Å². The van der Waals surface area contributed by atoms with E-state index in [-0.39, 0.29) is 21.7 Å². The third-order valence-corrected chi connectivity index (χ3v) is 11.4. The molecule has 2 N–H and O–H groups in total. The van der Waals surface area contributed by atoms with Gasteiger partial charge in [-0.05, 0) is 214 Å². The van der Waals surface area contributed by atoms with Crippen LogP contribution in [0.2, 0.25) is 0 Å². The second kappa shape index (κ2) is 25.1. The molecule has 0 heterocycles. The van der Waals surface area contributed by atoms with E-state index in [0.717, 1.165) is 44.5 Å². The van der Waals surface area contributed by atoms with Crippen molar-refractivity contribution in [1.82, 2.24) is 0 Å². The zero-order chi connectivity index (χ0) is 46.5. The molecule has 65 heavy (non-hydrogen) atoms. The molecule has 0 aromatic heterocycles. The molecule has 2 aliphatic carbocycles. The van der Waals surface area contributed by atoms with Gasteiger partial charge in [0.05, 0.1) is 0 Å². The maximum Gasteiger partial charge on any atom is 2.00 e. The molecule has 2 fully saturated rings. The molecule has 3 heteroatoms. The van der Waals surface area contributed by atoms with Gasteiger partial charge in [-0.2, -0.15) is 0 Å². The Labute approximate surface area is 408 Å². The first-order chi connectivity index (χ1) is 30.6. The standard InChI is InChI=1S/2C26H28O.2C5H5.Ti/c2*1-16-12-18(3)23(19(4)13-16)25(26(27)22-10-8-7-9-11-22)24-20(5)14-17(2)15-21(24)6;2*1-2-4-5-3-1;/h2*7-15,27H,1-6H3;2*1-5H;/q;;;;+2.